The van der Waals surface area contributed by atoms with Crippen LogP contribution in [0.4, 0.5) is 19.0 Å². The first-order chi connectivity index (χ1) is 16.2. The monoisotopic (exact) mass is 533 g/mol. The highest BCUT2D eigenvalue weighted by molar-refractivity contribution is 9.10. The number of nitrogens with one attached hydrogen (secondary N) is 1. The van der Waals surface area contributed by atoms with Gasteiger partial charge >= 0.3 is 6.18 Å². The summed E-state index contributed by atoms with van der Waals surface area (Å²) in [5, 5.41) is 6.93. The maximum absolute atomic E-state index is 13.0. The number of halogens is 4. The van der Waals surface area contributed by atoms with Gasteiger partial charge in [0.05, 0.1) is 16.6 Å². The minimum Gasteiger partial charge on any atom is -0.484 e. The summed E-state index contributed by atoms with van der Waals surface area (Å²) in [6, 6.07) is 17.2. The van der Waals surface area contributed by atoms with Gasteiger partial charge in [-0.1, -0.05) is 24.3 Å². The number of hydrogen-bond acceptors (Lipinski definition) is 4. The smallest absolute Gasteiger partial charge is 0.416 e. The second-order valence-corrected chi connectivity index (χ2v) is 8.32. The molecule has 1 N–H and O–H groups in total. The standard InChI is InChI=1S/C24H19BrF3N3O3/c1-15-11-22(30-31(15)13-16-5-4-6-17(12-16)24(26,27)28)29-23(32)21-10-9-18(34-21)14-33-20-8-3-2-7-19(20)25/h2-12H,13-14H2,1H3,(H,29,30,32). The van der Waals surface area contributed by atoms with E-state index in [1.54, 1.807) is 31.2 Å². The zero-order valence-corrected chi connectivity index (χ0v) is 19.5. The molecule has 176 valence electrons. The average Bonchev–Trinajstić information content (AvgIpc) is 3.39. The SMILES string of the molecule is Cc1cc(NC(=O)c2ccc(COc3ccccc3Br)o2)nn1Cc1cccc(C(F)(F)F)c1. The number of benzene rings is 2. The Morgan fingerprint density at radius 3 is 2.68 bits per heavy atom. The zero-order valence-electron chi connectivity index (χ0n) is 17.9. The van der Waals surface area contributed by atoms with Crippen LogP contribution in [0.2, 0.25) is 0 Å². The second-order valence-electron chi connectivity index (χ2n) is 7.47. The van der Waals surface area contributed by atoms with E-state index in [0.717, 1.165) is 16.6 Å². The Kier molecular flexibility index (Phi) is 6.78. The second kappa shape index (κ2) is 9.76. The van der Waals surface area contributed by atoms with E-state index in [1.165, 1.54) is 16.8 Å². The van der Waals surface area contributed by atoms with Crippen LogP contribution < -0.4 is 10.1 Å². The van der Waals surface area contributed by atoms with Crippen LogP contribution in [0.3, 0.4) is 0 Å². The van der Waals surface area contributed by atoms with Gasteiger partial charge in [-0.15, -0.1) is 0 Å². The van der Waals surface area contributed by atoms with Crippen molar-refractivity contribution in [3.8, 4) is 5.75 Å². The number of hydrogen-bond donors (Lipinski definition) is 1. The fourth-order valence-corrected chi connectivity index (χ4v) is 3.62. The maximum Gasteiger partial charge on any atom is 0.416 e. The van der Waals surface area contributed by atoms with Gasteiger partial charge < -0.3 is 14.5 Å². The van der Waals surface area contributed by atoms with Gasteiger partial charge in [0, 0.05) is 11.8 Å². The molecule has 0 fully saturated rings. The van der Waals surface area contributed by atoms with Crippen molar-refractivity contribution < 1.29 is 27.1 Å². The molecule has 0 spiro atoms. The number of amides is 1. The van der Waals surface area contributed by atoms with Crippen LogP contribution in [0.5, 0.6) is 5.75 Å². The summed E-state index contributed by atoms with van der Waals surface area (Å²) in [7, 11) is 0. The lowest BCUT2D eigenvalue weighted by molar-refractivity contribution is -0.137. The third kappa shape index (κ3) is 5.69. The highest BCUT2D eigenvalue weighted by Crippen LogP contribution is 2.30. The van der Waals surface area contributed by atoms with Gasteiger partial charge in [0.15, 0.2) is 11.6 Å². The molecule has 0 atom stereocenters. The van der Waals surface area contributed by atoms with Gasteiger partial charge in [-0.05, 0) is 64.8 Å². The Labute approximate surface area is 201 Å². The molecule has 0 saturated heterocycles. The molecule has 1 amide bonds. The molecule has 2 aromatic carbocycles. The number of aromatic nitrogens is 2. The Hall–Kier alpha value is -3.53. The number of anilines is 1. The van der Waals surface area contributed by atoms with Crippen molar-refractivity contribution >= 4 is 27.7 Å². The lowest BCUT2D eigenvalue weighted by atomic mass is 10.1. The number of carbonyl (C=O) groups is 1. The molecule has 2 heterocycles. The Morgan fingerprint density at radius 1 is 1.12 bits per heavy atom. The van der Waals surface area contributed by atoms with Crippen LogP contribution in [0.15, 0.2) is 75.6 Å². The van der Waals surface area contributed by atoms with Gasteiger partial charge in [0.2, 0.25) is 0 Å². The van der Waals surface area contributed by atoms with Gasteiger partial charge in [-0.3, -0.25) is 9.48 Å². The van der Waals surface area contributed by atoms with E-state index in [-0.39, 0.29) is 24.7 Å². The van der Waals surface area contributed by atoms with E-state index in [4.69, 9.17) is 9.15 Å². The third-order valence-electron chi connectivity index (χ3n) is 4.90. The van der Waals surface area contributed by atoms with Crippen molar-refractivity contribution in [3.05, 3.63) is 99.5 Å². The van der Waals surface area contributed by atoms with E-state index in [1.807, 2.05) is 18.2 Å². The molecular weight excluding hydrogens is 515 g/mol. The van der Waals surface area contributed by atoms with Crippen LogP contribution in [0, 0.1) is 6.92 Å². The van der Waals surface area contributed by atoms with Crippen molar-refractivity contribution in [2.75, 3.05) is 5.32 Å². The molecule has 0 aliphatic heterocycles. The van der Waals surface area contributed by atoms with E-state index in [2.05, 4.69) is 26.3 Å². The molecule has 0 saturated carbocycles. The summed E-state index contributed by atoms with van der Waals surface area (Å²) < 4.78 is 52.4. The summed E-state index contributed by atoms with van der Waals surface area (Å²) in [5.74, 6) is 0.947. The summed E-state index contributed by atoms with van der Waals surface area (Å²) in [4.78, 5) is 12.6. The van der Waals surface area contributed by atoms with Crippen molar-refractivity contribution in [3.63, 3.8) is 0 Å². The van der Waals surface area contributed by atoms with Crippen LogP contribution >= 0.6 is 15.9 Å². The normalized spacial score (nSPS) is 11.4. The number of furan rings is 1. The number of carbonyl (C=O) groups excluding carboxylic acids is 1. The van der Waals surface area contributed by atoms with Gasteiger partial charge in [-0.2, -0.15) is 18.3 Å². The number of nitrogens with zero attached hydrogens (tertiary/aromatic N) is 2. The van der Waals surface area contributed by atoms with Crippen molar-refractivity contribution in [1.29, 1.82) is 0 Å². The summed E-state index contributed by atoms with van der Waals surface area (Å²) in [6.07, 6.45) is -4.42. The van der Waals surface area contributed by atoms with E-state index in [0.29, 0.717) is 22.8 Å². The van der Waals surface area contributed by atoms with Crippen molar-refractivity contribution in [1.82, 2.24) is 9.78 Å². The van der Waals surface area contributed by atoms with Crippen molar-refractivity contribution in [2.24, 2.45) is 0 Å². The van der Waals surface area contributed by atoms with E-state index >= 15 is 0 Å². The summed E-state index contributed by atoms with van der Waals surface area (Å²) in [5.41, 5.74) is 0.398. The molecule has 2 aromatic heterocycles. The molecule has 0 bridgehead atoms. The van der Waals surface area contributed by atoms with Crippen LogP contribution in [0.1, 0.15) is 33.1 Å². The quantitative estimate of drug-likeness (QED) is 0.296. The molecule has 4 rings (SSSR count). The molecule has 6 nitrogen and oxygen atoms in total. The van der Waals surface area contributed by atoms with Gasteiger partial charge in [0.1, 0.15) is 18.1 Å². The maximum atomic E-state index is 13.0. The van der Waals surface area contributed by atoms with Gasteiger partial charge in [0.25, 0.3) is 5.91 Å². The molecule has 0 aliphatic rings. The van der Waals surface area contributed by atoms with Crippen LogP contribution in [-0.2, 0) is 19.3 Å². The zero-order chi connectivity index (χ0) is 24.3. The number of para-hydroxylation sites is 1. The van der Waals surface area contributed by atoms with Crippen LogP contribution in [-0.4, -0.2) is 15.7 Å². The highest BCUT2D eigenvalue weighted by Gasteiger charge is 2.30. The fourth-order valence-electron chi connectivity index (χ4n) is 3.22. The average molecular weight is 534 g/mol. The van der Waals surface area contributed by atoms with Gasteiger partial charge in [-0.25, -0.2) is 0 Å². The Morgan fingerprint density at radius 2 is 1.91 bits per heavy atom. The van der Waals surface area contributed by atoms with E-state index in [9.17, 15) is 18.0 Å². The first-order valence-corrected chi connectivity index (χ1v) is 11.0. The lowest BCUT2D eigenvalue weighted by Gasteiger charge is -2.09. The van der Waals surface area contributed by atoms with Crippen molar-refractivity contribution in [2.45, 2.75) is 26.3 Å². The number of ether oxygens (including phenoxy) is 1. The topological polar surface area (TPSA) is 69.3 Å². The lowest BCUT2D eigenvalue weighted by Crippen LogP contribution is -2.12. The number of aryl methyl sites for hydroxylation is 1. The molecule has 10 heteroatoms. The highest BCUT2D eigenvalue weighted by atomic mass is 79.9. The number of alkyl halides is 3. The number of rotatable bonds is 7. The fraction of sp³-hybridized carbons (Fsp3) is 0.167. The Bertz CT molecular complexity index is 1310. The predicted octanol–water partition coefficient (Wildman–Crippen LogP) is 6.45. The molecule has 0 aliphatic carbocycles. The molecule has 4 aromatic rings. The molecule has 34 heavy (non-hydrogen) atoms. The summed E-state index contributed by atoms with van der Waals surface area (Å²) in [6.45, 7) is 2.02. The van der Waals surface area contributed by atoms with Crippen LogP contribution in [0.25, 0.3) is 0 Å². The first-order valence-electron chi connectivity index (χ1n) is 10.2. The molecule has 0 radical (unpaired) electrons. The van der Waals surface area contributed by atoms with E-state index < -0.39 is 17.6 Å². The Balaban J connectivity index is 1.39. The first kappa shape index (κ1) is 23.6. The molecule has 0 unspecified atom stereocenters. The minimum atomic E-state index is -4.42. The largest absolute Gasteiger partial charge is 0.484 e. The predicted molar refractivity (Wildman–Crippen MR) is 123 cm³/mol. The molecular formula is C24H19BrF3N3O3. The summed E-state index contributed by atoms with van der Waals surface area (Å²) >= 11 is 3.40. The minimum absolute atomic E-state index is 0.0795. The third-order valence-corrected chi connectivity index (χ3v) is 5.56.